The van der Waals surface area contributed by atoms with Gasteiger partial charge in [-0.1, -0.05) is 0 Å². The number of imidazole rings is 1. The summed E-state index contributed by atoms with van der Waals surface area (Å²) in [6.45, 7) is 8.59. The van der Waals surface area contributed by atoms with Gasteiger partial charge in [0.25, 0.3) is 0 Å². The first-order chi connectivity index (χ1) is 23.0. The number of halogens is 1. The van der Waals surface area contributed by atoms with Gasteiger partial charge < -0.3 is 0 Å². The summed E-state index contributed by atoms with van der Waals surface area (Å²) in [5.41, 5.74) is 10.6. The first kappa shape index (κ1) is 35.5. The molecule has 1 fully saturated rings. The predicted octanol–water partition coefficient (Wildman–Crippen LogP) is 9.24. The van der Waals surface area contributed by atoms with Crippen molar-refractivity contribution in [2.75, 3.05) is 18.9 Å². The molecule has 9 heteroatoms. The van der Waals surface area contributed by atoms with Crippen LogP contribution in [0.5, 0.6) is 0 Å². The Bertz CT molecular complexity index is 1540. The molecule has 1 aliphatic carbocycles. The fraction of sp³-hybridized carbons (Fsp3) is 0.500. The van der Waals surface area contributed by atoms with Crippen LogP contribution in [0.15, 0.2) is 82.7 Å². The molecule has 252 valence electrons. The van der Waals surface area contributed by atoms with Gasteiger partial charge in [-0.05, 0) is 0 Å². The van der Waals surface area contributed by atoms with Crippen LogP contribution >= 0.6 is 0 Å². The second-order valence-corrected chi connectivity index (χ2v) is 26.0. The molecule has 47 heavy (non-hydrogen) atoms. The van der Waals surface area contributed by atoms with Crippen LogP contribution in [0, 0.1) is 11.8 Å². The SMILES string of the molecule is CCC[CH2][Sn]([CH2]CCC)([CH2]CCC)/[C](F)=C1\C(COCc2ccccc2)C(COCc2ccccc2)C1n1cnc2c(N)ncnc21. The van der Waals surface area contributed by atoms with Gasteiger partial charge in [0.05, 0.1) is 0 Å². The zero-order valence-electron chi connectivity index (χ0n) is 28.4. The van der Waals surface area contributed by atoms with Crippen molar-refractivity contribution in [1.29, 1.82) is 0 Å². The van der Waals surface area contributed by atoms with Gasteiger partial charge in [0.15, 0.2) is 0 Å². The third-order valence-corrected chi connectivity index (χ3v) is 24.6. The molecule has 0 radical (unpaired) electrons. The quantitative estimate of drug-likeness (QED) is 0.0963. The van der Waals surface area contributed by atoms with Crippen molar-refractivity contribution < 1.29 is 13.9 Å². The van der Waals surface area contributed by atoms with Crippen molar-refractivity contribution >= 4 is 35.4 Å². The van der Waals surface area contributed by atoms with Crippen LogP contribution in [0.2, 0.25) is 13.3 Å². The third-order valence-electron chi connectivity index (χ3n) is 9.90. The summed E-state index contributed by atoms with van der Waals surface area (Å²) < 4.78 is 36.3. The summed E-state index contributed by atoms with van der Waals surface area (Å²) in [7, 11) is 0. The van der Waals surface area contributed by atoms with E-state index in [9.17, 15) is 0 Å². The summed E-state index contributed by atoms with van der Waals surface area (Å²) in [5.74, 6) is 0.217. The minimum atomic E-state index is -3.46. The Morgan fingerprint density at radius 1 is 0.787 bits per heavy atom. The number of benzene rings is 2. The second kappa shape index (κ2) is 17.5. The van der Waals surface area contributed by atoms with Crippen molar-refractivity contribution in [3.05, 3.63) is 93.9 Å². The van der Waals surface area contributed by atoms with Gasteiger partial charge in [0.2, 0.25) is 0 Å². The molecule has 7 nitrogen and oxygen atoms in total. The van der Waals surface area contributed by atoms with Crippen molar-refractivity contribution in [1.82, 2.24) is 19.5 Å². The molecule has 2 aromatic heterocycles. The average molecular weight is 749 g/mol. The topological polar surface area (TPSA) is 88.1 Å². The molecule has 1 saturated carbocycles. The second-order valence-electron chi connectivity index (χ2n) is 13.2. The molecule has 2 aromatic carbocycles. The van der Waals surface area contributed by atoms with E-state index < -0.39 is 18.4 Å². The van der Waals surface area contributed by atoms with Gasteiger partial charge in [0.1, 0.15) is 0 Å². The molecule has 4 aromatic rings. The van der Waals surface area contributed by atoms with Crippen molar-refractivity contribution in [2.24, 2.45) is 11.8 Å². The summed E-state index contributed by atoms with van der Waals surface area (Å²) in [6.07, 6.45) is 9.78. The van der Waals surface area contributed by atoms with Gasteiger partial charge in [-0.2, -0.15) is 0 Å². The van der Waals surface area contributed by atoms with Crippen LogP contribution < -0.4 is 5.73 Å². The first-order valence-electron chi connectivity index (χ1n) is 17.6. The fourth-order valence-corrected chi connectivity index (χ4v) is 22.8. The van der Waals surface area contributed by atoms with E-state index in [4.69, 9.17) is 15.2 Å². The summed E-state index contributed by atoms with van der Waals surface area (Å²) >= 11 is -3.46. The van der Waals surface area contributed by atoms with Crippen LogP contribution in [0.3, 0.4) is 0 Å². The van der Waals surface area contributed by atoms with Gasteiger partial charge >= 0.3 is 285 Å². The molecule has 0 bridgehead atoms. The number of rotatable bonds is 19. The Morgan fingerprint density at radius 2 is 1.34 bits per heavy atom. The number of nitrogens with two attached hydrogens (primary N) is 1. The summed E-state index contributed by atoms with van der Waals surface area (Å²) in [6, 6.07) is 20.2. The Balaban J connectivity index is 1.58. The summed E-state index contributed by atoms with van der Waals surface area (Å²) in [4.78, 5) is 13.4. The molecular weight excluding hydrogens is 696 g/mol. The molecular formula is C38H52FN5O2Sn. The van der Waals surface area contributed by atoms with Gasteiger partial charge in [-0.3, -0.25) is 0 Å². The monoisotopic (exact) mass is 749 g/mol. The van der Waals surface area contributed by atoms with Crippen LogP contribution in [0.4, 0.5) is 10.2 Å². The minimum absolute atomic E-state index is 0.0173. The van der Waals surface area contributed by atoms with Crippen molar-refractivity contribution in [3.8, 4) is 0 Å². The van der Waals surface area contributed by atoms with Gasteiger partial charge in [-0.25, -0.2) is 0 Å². The number of fused-ring (bicyclic) bond motifs is 1. The number of aromatic nitrogens is 4. The number of anilines is 1. The van der Waals surface area contributed by atoms with Crippen molar-refractivity contribution in [2.45, 2.75) is 91.9 Å². The van der Waals surface area contributed by atoms with E-state index in [1.807, 2.05) is 41.0 Å². The maximum atomic E-state index is 18.0. The maximum absolute atomic E-state index is 18.0. The normalized spacial score (nSPS) is 19.2. The van der Waals surface area contributed by atoms with Gasteiger partial charge in [-0.15, -0.1) is 0 Å². The Morgan fingerprint density at radius 3 is 1.89 bits per heavy atom. The molecule has 2 N–H and O–H groups in total. The molecule has 3 atom stereocenters. The van der Waals surface area contributed by atoms with E-state index in [-0.39, 0.29) is 21.7 Å². The molecule has 0 spiro atoms. The number of hydrogen-bond acceptors (Lipinski definition) is 6. The Labute approximate surface area is 284 Å². The molecule has 2 heterocycles. The van der Waals surface area contributed by atoms with Crippen LogP contribution in [-0.4, -0.2) is 51.1 Å². The molecule has 1 aliphatic rings. The molecule has 0 aliphatic heterocycles. The van der Waals surface area contributed by atoms with Crippen LogP contribution in [0.1, 0.15) is 76.5 Å². The van der Waals surface area contributed by atoms with Crippen LogP contribution in [-0.2, 0) is 22.7 Å². The van der Waals surface area contributed by atoms with Crippen LogP contribution in [0.25, 0.3) is 11.2 Å². The average Bonchev–Trinajstić information content (AvgIpc) is 3.52. The number of nitrogen functional groups attached to an aromatic ring is 1. The molecule has 0 amide bonds. The molecule has 0 saturated heterocycles. The third kappa shape index (κ3) is 8.43. The zero-order valence-corrected chi connectivity index (χ0v) is 31.3. The first-order valence-corrected chi connectivity index (χ1v) is 25.1. The van der Waals surface area contributed by atoms with E-state index in [2.05, 4.69) is 60.0 Å². The number of ether oxygens (including phenoxy) is 2. The van der Waals surface area contributed by atoms with E-state index >= 15 is 4.39 Å². The molecule has 3 unspecified atom stereocenters. The molecule has 5 rings (SSSR count). The zero-order chi connectivity index (χ0) is 33.1. The predicted molar refractivity (Wildman–Crippen MR) is 191 cm³/mol. The van der Waals surface area contributed by atoms with Gasteiger partial charge in [0, 0.05) is 0 Å². The Hall–Kier alpha value is -2.82. The van der Waals surface area contributed by atoms with Crippen molar-refractivity contribution in [3.63, 3.8) is 0 Å². The number of hydrogen-bond donors (Lipinski definition) is 1. The van der Waals surface area contributed by atoms with E-state index in [1.165, 1.54) is 6.33 Å². The number of nitrogens with zero attached hydrogens (tertiary/aromatic N) is 4. The fourth-order valence-electron chi connectivity index (χ4n) is 7.25. The Kier molecular flexibility index (Phi) is 13.2. The summed E-state index contributed by atoms with van der Waals surface area (Å²) in [5, 5.41) is 0. The van der Waals surface area contributed by atoms with E-state index in [0.717, 1.165) is 68.5 Å². The van der Waals surface area contributed by atoms with E-state index in [1.54, 1.807) is 6.33 Å². The number of unbranched alkanes of at least 4 members (excludes halogenated alkanes) is 3. The standard InChI is InChI=1S/C26H25FN5O2.3C4H9.Sn/c27-11-20-21(14-33-12-18-7-3-1-4-8-18)22(15-34-13-19-9-5-2-6-10-19)24(20)32-17-31-23-25(28)29-16-30-26(23)32;3*1-3-4-2;/h1-10,16-17,21-22,24H,12-15H2,(H2,28,29,30);3*1,3-4H2,2H3;. The van der Waals surface area contributed by atoms with E-state index in [0.29, 0.717) is 43.4 Å².